The van der Waals surface area contributed by atoms with Gasteiger partial charge in [-0.3, -0.25) is 0 Å². The molecule has 0 aromatic heterocycles. The van der Waals surface area contributed by atoms with Gasteiger partial charge >= 0.3 is 5.97 Å². The molecule has 3 rings (SSSR count). The van der Waals surface area contributed by atoms with E-state index in [9.17, 15) is 4.79 Å². The Hall–Kier alpha value is -1.51. The van der Waals surface area contributed by atoms with Crippen molar-refractivity contribution < 1.29 is 9.53 Å². The zero-order valence-corrected chi connectivity index (χ0v) is 10.1. The number of ether oxygens (including phenoxy) is 1. The summed E-state index contributed by atoms with van der Waals surface area (Å²) in [6.45, 7) is 2.37. The predicted molar refractivity (Wildman–Crippen MR) is 66.3 cm³/mol. The van der Waals surface area contributed by atoms with Crippen LogP contribution in [-0.2, 0) is 4.74 Å². The van der Waals surface area contributed by atoms with E-state index in [1.54, 1.807) is 0 Å². The molecule has 1 aromatic rings. The number of esters is 1. The lowest BCUT2D eigenvalue weighted by atomic mass is 9.63. The SMILES string of the molecule is COC(=O)c1ccc(N2CC3(CCC3)C2)cc1. The van der Waals surface area contributed by atoms with Crippen molar-refractivity contribution in [3.63, 3.8) is 0 Å². The number of hydrogen-bond donors (Lipinski definition) is 0. The molecule has 1 heterocycles. The van der Waals surface area contributed by atoms with Gasteiger partial charge in [0.25, 0.3) is 0 Å². The Bertz CT molecular complexity index is 426. The van der Waals surface area contributed by atoms with E-state index in [0.29, 0.717) is 11.0 Å². The number of anilines is 1. The van der Waals surface area contributed by atoms with E-state index in [1.165, 1.54) is 45.1 Å². The first-order valence-corrected chi connectivity index (χ1v) is 6.16. The highest BCUT2D eigenvalue weighted by atomic mass is 16.5. The van der Waals surface area contributed by atoms with Crippen LogP contribution in [0, 0.1) is 5.41 Å². The molecular formula is C14H17NO2. The van der Waals surface area contributed by atoms with Gasteiger partial charge in [-0.2, -0.15) is 0 Å². The Morgan fingerprint density at radius 3 is 2.35 bits per heavy atom. The Kier molecular flexibility index (Phi) is 2.35. The van der Waals surface area contributed by atoms with E-state index in [2.05, 4.69) is 9.64 Å². The number of benzene rings is 1. The highest BCUT2D eigenvalue weighted by molar-refractivity contribution is 5.89. The summed E-state index contributed by atoms with van der Waals surface area (Å²) < 4.78 is 4.68. The van der Waals surface area contributed by atoms with Crippen molar-refractivity contribution in [2.75, 3.05) is 25.1 Å². The average Bonchev–Trinajstić information content (AvgIpc) is 2.25. The van der Waals surface area contributed by atoms with Crippen LogP contribution >= 0.6 is 0 Å². The fraction of sp³-hybridized carbons (Fsp3) is 0.500. The maximum absolute atomic E-state index is 11.3. The van der Waals surface area contributed by atoms with Crippen LogP contribution in [0.1, 0.15) is 29.6 Å². The molecule has 2 aliphatic rings. The fourth-order valence-corrected chi connectivity index (χ4v) is 2.87. The molecule has 0 atom stereocenters. The number of nitrogens with zero attached hydrogens (tertiary/aromatic N) is 1. The van der Waals surface area contributed by atoms with Gasteiger partial charge in [0, 0.05) is 24.2 Å². The quantitative estimate of drug-likeness (QED) is 0.732. The van der Waals surface area contributed by atoms with E-state index in [4.69, 9.17) is 0 Å². The van der Waals surface area contributed by atoms with Gasteiger partial charge in [0.05, 0.1) is 12.7 Å². The normalized spacial score (nSPS) is 20.6. The molecule has 0 unspecified atom stereocenters. The second-order valence-corrected chi connectivity index (χ2v) is 5.25. The summed E-state index contributed by atoms with van der Waals surface area (Å²) in [4.78, 5) is 13.7. The standard InChI is InChI=1S/C14H17NO2/c1-17-13(16)11-3-5-12(6-4-11)15-9-14(10-15)7-2-8-14/h3-6H,2,7-10H2,1H3. The minimum absolute atomic E-state index is 0.268. The summed E-state index contributed by atoms with van der Waals surface area (Å²) in [6, 6.07) is 7.70. The molecule has 0 amide bonds. The molecule has 1 aliphatic carbocycles. The van der Waals surface area contributed by atoms with Crippen LogP contribution in [0.3, 0.4) is 0 Å². The average molecular weight is 231 g/mol. The van der Waals surface area contributed by atoms with Gasteiger partial charge in [0.1, 0.15) is 0 Å². The number of rotatable bonds is 2. The molecule has 2 fully saturated rings. The van der Waals surface area contributed by atoms with Crippen LogP contribution in [0.4, 0.5) is 5.69 Å². The van der Waals surface area contributed by atoms with E-state index >= 15 is 0 Å². The van der Waals surface area contributed by atoms with Gasteiger partial charge in [0.2, 0.25) is 0 Å². The first kappa shape index (κ1) is 10.6. The third-order valence-corrected chi connectivity index (χ3v) is 4.12. The molecule has 90 valence electrons. The Balaban J connectivity index is 1.67. The highest BCUT2D eigenvalue weighted by Gasteiger charge is 2.47. The van der Waals surface area contributed by atoms with Gasteiger partial charge in [-0.15, -0.1) is 0 Å². The minimum atomic E-state index is -0.268. The van der Waals surface area contributed by atoms with Crippen LogP contribution in [0.5, 0.6) is 0 Å². The molecule has 1 saturated carbocycles. The summed E-state index contributed by atoms with van der Waals surface area (Å²) in [5.74, 6) is -0.268. The highest BCUT2D eigenvalue weighted by Crippen LogP contribution is 2.49. The second kappa shape index (κ2) is 3.76. The lowest BCUT2D eigenvalue weighted by Gasteiger charge is -2.57. The van der Waals surface area contributed by atoms with Crippen molar-refractivity contribution in [1.82, 2.24) is 0 Å². The van der Waals surface area contributed by atoms with Gasteiger partial charge < -0.3 is 9.64 Å². The molecule has 17 heavy (non-hydrogen) atoms. The summed E-state index contributed by atoms with van der Waals surface area (Å²) in [6.07, 6.45) is 4.18. The van der Waals surface area contributed by atoms with Crippen molar-refractivity contribution in [3.05, 3.63) is 29.8 Å². The zero-order chi connectivity index (χ0) is 11.9. The maximum Gasteiger partial charge on any atom is 0.337 e. The molecule has 1 aromatic carbocycles. The van der Waals surface area contributed by atoms with E-state index in [-0.39, 0.29) is 5.97 Å². The number of carbonyl (C=O) groups is 1. The predicted octanol–water partition coefficient (Wildman–Crippen LogP) is 2.46. The summed E-state index contributed by atoms with van der Waals surface area (Å²) in [7, 11) is 1.41. The van der Waals surface area contributed by atoms with Crippen molar-refractivity contribution in [3.8, 4) is 0 Å². The third kappa shape index (κ3) is 1.70. The van der Waals surface area contributed by atoms with Gasteiger partial charge in [-0.05, 0) is 37.1 Å². The zero-order valence-electron chi connectivity index (χ0n) is 10.1. The lowest BCUT2D eigenvalue weighted by Crippen LogP contribution is -2.59. The van der Waals surface area contributed by atoms with Crippen LogP contribution in [-0.4, -0.2) is 26.2 Å². The third-order valence-electron chi connectivity index (χ3n) is 4.12. The number of methoxy groups -OCH3 is 1. The Morgan fingerprint density at radius 1 is 1.24 bits per heavy atom. The molecule has 0 N–H and O–H groups in total. The van der Waals surface area contributed by atoms with Crippen LogP contribution in [0.2, 0.25) is 0 Å². The van der Waals surface area contributed by atoms with Crippen molar-refractivity contribution >= 4 is 11.7 Å². The van der Waals surface area contributed by atoms with Crippen molar-refractivity contribution in [2.45, 2.75) is 19.3 Å². The molecule has 1 saturated heterocycles. The van der Waals surface area contributed by atoms with Gasteiger partial charge in [-0.25, -0.2) is 4.79 Å². The summed E-state index contributed by atoms with van der Waals surface area (Å²) >= 11 is 0. The van der Waals surface area contributed by atoms with Crippen LogP contribution < -0.4 is 4.90 Å². The Labute approximate surface area is 101 Å². The molecule has 0 radical (unpaired) electrons. The molecule has 0 bridgehead atoms. The second-order valence-electron chi connectivity index (χ2n) is 5.25. The van der Waals surface area contributed by atoms with E-state index in [1.807, 2.05) is 24.3 Å². The maximum atomic E-state index is 11.3. The number of carbonyl (C=O) groups excluding carboxylic acids is 1. The van der Waals surface area contributed by atoms with E-state index < -0.39 is 0 Å². The minimum Gasteiger partial charge on any atom is -0.465 e. The molecule has 3 nitrogen and oxygen atoms in total. The summed E-state index contributed by atoms with van der Waals surface area (Å²) in [5, 5.41) is 0. The van der Waals surface area contributed by atoms with Gasteiger partial charge in [0.15, 0.2) is 0 Å². The largest absolute Gasteiger partial charge is 0.465 e. The molecule has 3 heteroatoms. The van der Waals surface area contributed by atoms with Crippen molar-refractivity contribution in [2.24, 2.45) is 5.41 Å². The Morgan fingerprint density at radius 2 is 1.88 bits per heavy atom. The molecule has 1 aliphatic heterocycles. The van der Waals surface area contributed by atoms with Crippen molar-refractivity contribution in [1.29, 1.82) is 0 Å². The van der Waals surface area contributed by atoms with Crippen LogP contribution in [0.15, 0.2) is 24.3 Å². The monoisotopic (exact) mass is 231 g/mol. The smallest absolute Gasteiger partial charge is 0.337 e. The van der Waals surface area contributed by atoms with E-state index in [0.717, 1.165) is 0 Å². The topological polar surface area (TPSA) is 29.5 Å². The first-order valence-electron chi connectivity index (χ1n) is 6.16. The molecule has 1 spiro atoms. The van der Waals surface area contributed by atoms with Crippen LogP contribution in [0.25, 0.3) is 0 Å². The fourth-order valence-electron chi connectivity index (χ4n) is 2.87. The molecular weight excluding hydrogens is 214 g/mol. The first-order chi connectivity index (χ1) is 8.22. The lowest BCUT2D eigenvalue weighted by molar-refractivity contribution is 0.0600. The number of hydrogen-bond acceptors (Lipinski definition) is 3. The summed E-state index contributed by atoms with van der Waals surface area (Å²) in [5.41, 5.74) is 2.48. The van der Waals surface area contributed by atoms with Gasteiger partial charge in [-0.1, -0.05) is 6.42 Å².